The third-order valence-corrected chi connectivity index (χ3v) is 4.27. The minimum absolute atomic E-state index is 0.0379. The second-order valence-corrected chi connectivity index (χ2v) is 6.45. The zero-order valence-electron chi connectivity index (χ0n) is 17.1. The van der Waals surface area contributed by atoms with Crippen molar-refractivity contribution in [1.82, 2.24) is 9.97 Å². The number of nitrogens with zero attached hydrogens (tertiary/aromatic N) is 3. The summed E-state index contributed by atoms with van der Waals surface area (Å²) in [5.74, 6) is -0.541. The number of hydrogen-bond donors (Lipinski definition) is 3. The number of nitrogens with one attached hydrogen (secondary N) is 2. The Hall–Kier alpha value is -4.48. The van der Waals surface area contributed by atoms with Crippen LogP contribution in [0.25, 0.3) is 0 Å². The molecule has 166 valence electrons. The molecule has 1 heterocycles. The number of primary amides is 1. The van der Waals surface area contributed by atoms with Crippen LogP contribution in [-0.4, -0.2) is 35.0 Å². The van der Waals surface area contributed by atoms with E-state index in [1.807, 2.05) is 0 Å². The second kappa shape index (κ2) is 9.55. The first kappa shape index (κ1) is 22.2. The van der Waals surface area contributed by atoms with Crippen LogP contribution in [-0.2, 0) is 11.2 Å². The summed E-state index contributed by atoms with van der Waals surface area (Å²) in [4.78, 5) is 29.8. The topological polar surface area (TPSA) is 155 Å². The minimum atomic E-state index is -1.03. The lowest BCUT2D eigenvalue weighted by molar-refractivity contribution is -0.387. The molecule has 32 heavy (non-hydrogen) atoms. The molecule has 3 rings (SSSR count). The number of nitro benzene ring substituents is 1. The lowest BCUT2D eigenvalue weighted by atomic mass is 10.1. The van der Waals surface area contributed by atoms with Gasteiger partial charge in [0.1, 0.15) is 17.3 Å². The van der Waals surface area contributed by atoms with Crippen molar-refractivity contribution in [3.8, 4) is 11.5 Å². The standard InChI is InChI=1S/C20H19FN6O5/c1-31-16-4-3-11(8-18(22)28)7-13(16)24-19-5-6-23-20(26-19)25-14-10-15(27(29)30)12(21)9-17(14)32-2/h3-7,9-10H,8H2,1-2H3,(H2,22,28)(H2,23,24,25,26). The molecule has 0 saturated heterocycles. The van der Waals surface area contributed by atoms with Gasteiger partial charge in [-0.2, -0.15) is 9.37 Å². The van der Waals surface area contributed by atoms with Crippen molar-refractivity contribution < 1.29 is 23.6 Å². The highest BCUT2D eigenvalue weighted by atomic mass is 19.1. The number of benzene rings is 2. The number of aromatic nitrogens is 2. The number of hydrogen-bond acceptors (Lipinski definition) is 9. The molecule has 4 N–H and O–H groups in total. The molecule has 0 aliphatic rings. The first-order valence-corrected chi connectivity index (χ1v) is 9.15. The first-order valence-electron chi connectivity index (χ1n) is 9.15. The number of carbonyl (C=O) groups is 1. The molecule has 0 fully saturated rings. The van der Waals surface area contributed by atoms with Gasteiger partial charge in [0.15, 0.2) is 0 Å². The SMILES string of the molecule is COc1ccc(CC(N)=O)cc1Nc1ccnc(Nc2cc([N+](=O)[O-])c(F)cc2OC)n1. The van der Waals surface area contributed by atoms with Gasteiger partial charge in [0, 0.05) is 18.3 Å². The van der Waals surface area contributed by atoms with E-state index in [0.29, 0.717) is 22.8 Å². The van der Waals surface area contributed by atoms with Gasteiger partial charge < -0.3 is 25.8 Å². The molecular formula is C20H19FN6O5. The van der Waals surface area contributed by atoms with E-state index >= 15 is 0 Å². The van der Waals surface area contributed by atoms with Gasteiger partial charge in [-0.15, -0.1) is 0 Å². The van der Waals surface area contributed by atoms with Crippen molar-refractivity contribution in [2.24, 2.45) is 5.73 Å². The Labute approximate surface area is 181 Å². The summed E-state index contributed by atoms with van der Waals surface area (Å²) in [6, 6.07) is 8.57. The van der Waals surface area contributed by atoms with Crippen LogP contribution in [0.4, 0.5) is 33.2 Å². The number of rotatable bonds is 9. The van der Waals surface area contributed by atoms with Gasteiger partial charge in [-0.05, 0) is 23.8 Å². The van der Waals surface area contributed by atoms with Crippen molar-refractivity contribution in [3.05, 3.63) is 64.1 Å². The quantitative estimate of drug-likeness (QED) is 0.335. The number of ether oxygens (including phenoxy) is 2. The van der Waals surface area contributed by atoms with Gasteiger partial charge >= 0.3 is 5.69 Å². The monoisotopic (exact) mass is 442 g/mol. The summed E-state index contributed by atoms with van der Waals surface area (Å²) in [5, 5.41) is 16.9. The van der Waals surface area contributed by atoms with Gasteiger partial charge in [-0.25, -0.2) is 4.98 Å². The largest absolute Gasteiger partial charge is 0.495 e. The third-order valence-electron chi connectivity index (χ3n) is 4.27. The molecule has 0 bridgehead atoms. The summed E-state index contributed by atoms with van der Waals surface area (Å²) in [7, 11) is 2.80. The van der Waals surface area contributed by atoms with Crippen molar-refractivity contribution in [2.75, 3.05) is 24.9 Å². The number of carbonyl (C=O) groups excluding carboxylic acids is 1. The highest BCUT2D eigenvalue weighted by Crippen LogP contribution is 2.34. The first-order chi connectivity index (χ1) is 15.3. The Morgan fingerprint density at radius 2 is 1.84 bits per heavy atom. The summed E-state index contributed by atoms with van der Waals surface area (Å²) >= 11 is 0. The van der Waals surface area contributed by atoms with Gasteiger partial charge in [-0.3, -0.25) is 14.9 Å². The van der Waals surface area contributed by atoms with E-state index < -0.39 is 22.3 Å². The van der Waals surface area contributed by atoms with Crippen molar-refractivity contribution in [2.45, 2.75) is 6.42 Å². The molecule has 3 aromatic rings. The van der Waals surface area contributed by atoms with Crippen molar-refractivity contribution >= 4 is 34.7 Å². The van der Waals surface area contributed by atoms with E-state index in [1.165, 1.54) is 20.4 Å². The van der Waals surface area contributed by atoms with Crippen LogP contribution in [0.15, 0.2) is 42.6 Å². The van der Waals surface area contributed by atoms with E-state index in [2.05, 4.69) is 20.6 Å². The van der Waals surface area contributed by atoms with Crippen LogP contribution in [0, 0.1) is 15.9 Å². The summed E-state index contributed by atoms with van der Waals surface area (Å²) < 4.78 is 24.3. The predicted molar refractivity (Wildman–Crippen MR) is 114 cm³/mol. The molecule has 12 heteroatoms. The van der Waals surface area contributed by atoms with Crippen LogP contribution in [0.3, 0.4) is 0 Å². The predicted octanol–water partition coefficient (Wildman–Crippen LogP) is 3.06. The molecule has 0 radical (unpaired) electrons. The second-order valence-electron chi connectivity index (χ2n) is 6.45. The van der Waals surface area contributed by atoms with E-state index in [-0.39, 0.29) is 23.8 Å². The molecular weight excluding hydrogens is 423 g/mol. The fourth-order valence-corrected chi connectivity index (χ4v) is 2.86. The molecule has 11 nitrogen and oxygen atoms in total. The number of nitro groups is 1. The van der Waals surface area contributed by atoms with Crippen LogP contribution < -0.4 is 25.8 Å². The lowest BCUT2D eigenvalue weighted by Crippen LogP contribution is -2.13. The molecule has 0 spiro atoms. The number of methoxy groups -OCH3 is 2. The van der Waals surface area contributed by atoms with Crippen LogP contribution in [0.2, 0.25) is 0 Å². The van der Waals surface area contributed by atoms with E-state index in [0.717, 1.165) is 12.1 Å². The van der Waals surface area contributed by atoms with E-state index in [9.17, 15) is 19.3 Å². The molecule has 0 unspecified atom stereocenters. The molecule has 0 aliphatic carbocycles. The van der Waals surface area contributed by atoms with E-state index in [1.54, 1.807) is 24.3 Å². The number of amides is 1. The van der Waals surface area contributed by atoms with Gasteiger partial charge in [0.05, 0.1) is 36.9 Å². The Morgan fingerprint density at radius 1 is 1.12 bits per heavy atom. The molecule has 0 aliphatic heterocycles. The van der Waals surface area contributed by atoms with E-state index in [4.69, 9.17) is 15.2 Å². The average molecular weight is 442 g/mol. The minimum Gasteiger partial charge on any atom is -0.495 e. The van der Waals surface area contributed by atoms with Crippen molar-refractivity contribution in [1.29, 1.82) is 0 Å². The van der Waals surface area contributed by atoms with Gasteiger partial charge in [0.2, 0.25) is 17.7 Å². The highest BCUT2D eigenvalue weighted by Gasteiger charge is 2.19. The maximum atomic E-state index is 13.9. The van der Waals surface area contributed by atoms with Gasteiger partial charge in [0.25, 0.3) is 0 Å². The number of anilines is 4. The maximum Gasteiger partial charge on any atom is 0.307 e. The summed E-state index contributed by atoms with van der Waals surface area (Å²) in [6.45, 7) is 0. The van der Waals surface area contributed by atoms with Crippen molar-refractivity contribution in [3.63, 3.8) is 0 Å². The Kier molecular flexibility index (Phi) is 6.63. The summed E-state index contributed by atoms with van der Waals surface area (Å²) in [6.07, 6.45) is 1.50. The fraction of sp³-hybridized carbons (Fsp3) is 0.150. The molecule has 1 amide bonds. The normalized spacial score (nSPS) is 10.3. The maximum absolute atomic E-state index is 13.9. The molecule has 0 atom stereocenters. The molecule has 0 saturated carbocycles. The van der Waals surface area contributed by atoms with Crippen LogP contribution >= 0.6 is 0 Å². The number of halogens is 1. The fourth-order valence-electron chi connectivity index (χ4n) is 2.86. The third kappa shape index (κ3) is 5.16. The van der Waals surface area contributed by atoms with Crippen LogP contribution in [0.1, 0.15) is 5.56 Å². The smallest absolute Gasteiger partial charge is 0.307 e. The summed E-state index contributed by atoms with van der Waals surface area (Å²) in [5.41, 5.74) is 5.85. The highest BCUT2D eigenvalue weighted by molar-refractivity contribution is 5.78. The Bertz CT molecular complexity index is 1170. The molecule has 2 aromatic carbocycles. The van der Waals surface area contributed by atoms with Gasteiger partial charge in [-0.1, -0.05) is 6.07 Å². The zero-order valence-corrected chi connectivity index (χ0v) is 17.1. The average Bonchev–Trinajstić information content (AvgIpc) is 2.74. The lowest BCUT2D eigenvalue weighted by Gasteiger charge is -2.14. The zero-order chi connectivity index (χ0) is 23.3. The van der Waals surface area contributed by atoms with Crippen LogP contribution in [0.5, 0.6) is 11.5 Å². The number of nitrogens with two attached hydrogens (primary N) is 1. The Morgan fingerprint density at radius 3 is 2.50 bits per heavy atom. The molecule has 1 aromatic heterocycles. The Balaban J connectivity index is 1.89.